The average molecular weight is 324 g/mol. The van der Waals surface area contributed by atoms with E-state index in [9.17, 15) is 4.79 Å². The van der Waals surface area contributed by atoms with Crippen molar-refractivity contribution in [3.05, 3.63) is 54.1 Å². The Kier molecular flexibility index (Phi) is 5.36. The van der Waals surface area contributed by atoms with Gasteiger partial charge in [-0.3, -0.25) is 0 Å². The fourth-order valence-corrected chi connectivity index (χ4v) is 3.16. The smallest absolute Gasteiger partial charge is 0.337 e. The van der Waals surface area contributed by atoms with Gasteiger partial charge >= 0.3 is 5.97 Å². The summed E-state index contributed by atoms with van der Waals surface area (Å²) in [6, 6.07) is 16.1. The highest BCUT2D eigenvalue weighted by Crippen LogP contribution is 2.30. The highest BCUT2D eigenvalue weighted by atomic mass is 16.5. The Morgan fingerprint density at radius 2 is 1.75 bits per heavy atom. The van der Waals surface area contributed by atoms with Crippen LogP contribution in [0.4, 0.5) is 17.1 Å². The van der Waals surface area contributed by atoms with Crippen LogP contribution >= 0.6 is 0 Å². The zero-order valence-corrected chi connectivity index (χ0v) is 14.0. The molecule has 24 heavy (non-hydrogen) atoms. The number of methoxy groups -OCH3 is 1. The van der Waals surface area contributed by atoms with Crippen LogP contribution in [-0.4, -0.2) is 19.1 Å². The molecule has 1 fully saturated rings. The van der Waals surface area contributed by atoms with E-state index in [0.717, 1.165) is 17.1 Å². The average Bonchev–Trinajstić information content (AvgIpc) is 2.64. The normalized spacial score (nSPS) is 14.9. The Hall–Kier alpha value is -2.49. The fourth-order valence-electron chi connectivity index (χ4n) is 3.16. The van der Waals surface area contributed by atoms with Crippen LogP contribution in [-0.2, 0) is 4.74 Å². The van der Waals surface area contributed by atoms with E-state index >= 15 is 0 Å². The maximum Gasteiger partial charge on any atom is 0.337 e. The first kappa shape index (κ1) is 16.4. The molecular formula is C20H24N2O2. The number of hydrogen-bond acceptors (Lipinski definition) is 4. The highest BCUT2D eigenvalue weighted by molar-refractivity contribution is 5.92. The van der Waals surface area contributed by atoms with Crippen LogP contribution in [0, 0.1) is 0 Å². The number of carbonyl (C=O) groups is 1. The number of nitrogens with one attached hydrogen (secondary N) is 2. The van der Waals surface area contributed by atoms with Crippen molar-refractivity contribution in [1.82, 2.24) is 0 Å². The molecule has 2 aromatic rings. The monoisotopic (exact) mass is 324 g/mol. The fraction of sp³-hybridized carbons (Fsp3) is 0.350. The molecular weight excluding hydrogens is 300 g/mol. The number of para-hydroxylation sites is 1. The summed E-state index contributed by atoms with van der Waals surface area (Å²) in [5.74, 6) is -0.324. The van der Waals surface area contributed by atoms with E-state index < -0.39 is 0 Å². The number of carbonyl (C=O) groups excluding carboxylic acids is 1. The molecule has 0 heterocycles. The van der Waals surface area contributed by atoms with Crippen molar-refractivity contribution in [3.8, 4) is 0 Å². The van der Waals surface area contributed by atoms with Gasteiger partial charge in [-0.2, -0.15) is 0 Å². The van der Waals surface area contributed by atoms with Gasteiger partial charge in [-0.05, 0) is 43.2 Å². The predicted molar refractivity (Wildman–Crippen MR) is 98.0 cm³/mol. The van der Waals surface area contributed by atoms with E-state index in [1.807, 2.05) is 48.5 Å². The molecule has 0 radical (unpaired) electrons. The van der Waals surface area contributed by atoms with Crippen LogP contribution in [0.1, 0.15) is 42.5 Å². The minimum absolute atomic E-state index is 0.324. The van der Waals surface area contributed by atoms with Crippen LogP contribution in [0.15, 0.2) is 48.5 Å². The molecule has 1 aliphatic carbocycles. The number of benzene rings is 2. The first-order valence-electron chi connectivity index (χ1n) is 8.57. The van der Waals surface area contributed by atoms with Gasteiger partial charge in [0.2, 0.25) is 0 Å². The largest absolute Gasteiger partial charge is 0.465 e. The second-order valence-corrected chi connectivity index (χ2v) is 6.22. The lowest BCUT2D eigenvalue weighted by atomic mass is 9.95. The van der Waals surface area contributed by atoms with Crippen molar-refractivity contribution in [3.63, 3.8) is 0 Å². The molecule has 0 unspecified atom stereocenters. The van der Waals surface area contributed by atoms with Gasteiger partial charge in [0.05, 0.1) is 24.0 Å². The summed E-state index contributed by atoms with van der Waals surface area (Å²) in [7, 11) is 1.40. The molecule has 0 amide bonds. The molecule has 0 spiro atoms. The van der Waals surface area contributed by atoms with Crippen LogP contribution in [0.25, 0.3) is 0 Å². The Bertz CT molecular complexity index is 679. The summed E-state index contributed by atoms with van der Waals surface area (Å²) in [6.45, 7) is 0. The molecule has 1 aliphatic rings. The third kappa shape index (κ3) is 4.07. The van der Waals surface area contributed by atoms with Crippen LogP contribution in [0.2, 0.25) is 0 Å². The van der Waals surface area contributed by atoms with Crippen LogP contribution in [0.3, 0.4) is 0 Å². The van der Waals surface area contributed by atoms with E-state index in [1.54, 1.807) is 0 Å². The maximum atomic E-state index is 11.8. The first-order chi connectivity index (χ1) is 11.8. The van der Waals surface area contributed by atoms with E-state index in [-0.39, 0.29) is 5.97 Å². The minimum Gasteiger partial charge on any atom is -0.465 e. The molecule has 3 rings (SSSR count). The second kappa shape index (κ2) is 7.86. The van der Waals surface area contributed by atoms with Crippen molar-refractivity contribution < 1.29 is 9.53 Å². The number of ether oxygens (including phenoxy) is 1. The molecule has 1 saturated carbocycles. The summed E-state index contributed by atoms with van der Waals surface area (Å²) < 4.78 is 4.84. The Morgan fingerprint density at radius 1 is 1.00 bits per heavy atom. The van der Waals surface area contributed by atoms with Crippen molar-refractivity contribution in [2.75, 3.05) is 17.7 Å². The van der Waals surface area contributed by atoms with Crippen molar-refractivity contribution in [1.29, 1.82) is 0 Å². The summed E-state index contributed by atoms with van der Waals surface area (Å²) >= 11 is 0. The Balaban J connectivity index is 1.86. The van der Waals surface area contributed by atoms with Crippen molar-refractivity contribution >= 4 is 23.0 Å². The molecule has 0 bridgehead atoms. The number of anilines is 3. The lowest BCUT2D eigenvalue weighted by Gasteiger charge is -2.25. The molecule has 0 saturated heterocycles. The van der Waals surface area contributed by atoms with Gasteiger partial charge in [-0.25, -0.2) is 4.79 Å². The van der Waals surface area contributed by atoms with E-state index in [4.69, 9.17) is 4.74 Å². The molecule has 0 aliphatic heterocycles. The molecule has 0 aromatic heterocycles. The van der Waals surface area contributed by atoms with Gasteiger partial charge in [0, 0.05) is 11.7 Å². The van der Waals surface area contributed by atoms with Gasteiger partial charge in [-0.1, -0.05) is 37.5 Å². The van der Waals surface area contributed by atoms with Gasteiger partial charge in [-0.15, -0.1) is 0 Å². The summed E-state index contributed by atoms with van der Waals surface area (Å²) in [6.07, 6.45) is 6.28. The number of rotatable bonds is 5. The van der Waals surface area contributed by atoms with Gasteiger partial charge in [0.25, 0.3) is 0 Å². The van der Waals surface area contributed by atoms with Gasteiger partial charge in [0.1, 0.15) is 0 Å². The number of hydrogen-bond donors (Lipinski definition) is 2. The maximum absolute atomic E-state index is 11.8. The minimum atomic E-state index is -0.324. The zero-order valence-electron chi connectivity index (χ0n) is 14.0. The molecule has 4 heteroatoms. The Labute approximate surface area is 143 Å². The topological polar surface area (TPSA) is 50.4 Å². The summed E-state index contributed by atoms with van der Waals surface area (Å²) in [4.78, 5) is 11.8. The zero-order chi connectivity index (χ0) is 16.8. The summed E-state index contributed by atoms with van der Waals surface area (Å²) in [5, 5.41) is 7.05. The third-order valence-corrected chi connectivity index (χ3v) is 4.46. The lowest BCUT2D eigenvalue weighted by molar-refractivity contribution is 0.0601. The first-order valence-corrected chi connectivity index (χ1v) is 8.57. The van der Waals surface area contributed by atoms with Gasteiger partial charge in [0.15, 0.2) is 0 Å². The standard InChI is InChI=1S/C20H24N2O2/c1-24-20(23)15-12-13-18(21-16-8-4-2-5-9-16)19(14-15)22-17-10-6-3-7-11-17/h3,6-7,10-14,16,21-22H,2,4-5,8-9H2,1H3. The van der Waals surface area contributed by atoms with Crippen LogP contribution in [0.5, 0.6) is 0 Å². The van der Waals surface area contributed by atoms with E-state index in [0.29, 0.717) is 11.6 Å². The van der Waals surface area contributed by atoms with Gasteiger partial charge < -0.3 is 15.4 Å². The van der Waals surface area contributed by atoms with Crippen molar-refractivity contribution in [2.45, 2.75) is 38.1 Å². The second-order valence-electron chi connectivity index (χ2n) is 6.22. The SMILES string of the molecule is COC(=O)c1ccc(NC2CCCCC2)c(Nc2ccccc2)c1. The quantitative estimate of drug-likeness (QED) is 0.763. The molecule has 4 nitrogen and oxygen atoms in total. The number of esters is 1. The van der Waals surface area contributed by atoms with Crippen LogP contribution < -0.4 is 10.6 Å². The van der Waals surface area contributed by atoms with E-state index in [1.165, 1.54) is 39.2 Å². The molecule has 2 N–H and O–H groups in total. The predicted octanol–water partition coefficient (Wildman–Crippen LogP) is 4.96. The Morgan fingerprint density at radius 3 is 2.46 bits per heavy atom. The lowest BCUT2D eigenvalue weighted by Crippen LogP contribution is -2.22. The highest BCUT2D eigenvalue weighted by Gasteiger charge is 2.16. The van der Waals surface area contributed by atoms with Crippen molar-refractivity contribution in [2.24, 2.45) is 0 Å². The molecule has 2 aromatic carbocycles. The molecule has 126 valence electrons. The molecule has 0 atom stereocenters. The third-order valence-electron chi connectivity index (χ3n) is 4.46. The van der Waals surface area contributed by atoms with E-state index in [2.05, 4.69) is 10.6 Å². The summed E-state index contributed by atoms with van der Waals surface area (Å²) in [5.41, 5.74) is 3.46.